The predicted octanol–water partition coefficient (Wildman–Crippen LogP) is 3.27. The van der Waals surface area contributed by atoms with Gasteiger partial charge in [-0.3, -0.25) is 19.1 Å². The van der Waals surface area contributed by atoms with Crippen molar-refractivity contribution in [2.24, 2.45) is 5.92 Å². The summed E-state index contributed by atoms with van der Waals surface area (Å²) in [4.78, 5) is 45.2. The number of rotatable bonds is 6. The first-order chi connectivity index (χ1) is 15.8. The highest BCUT2D eigenvalue weighted by atomic mass is 16.2. The van der Waals surface area contributed by atoms with Crippen molar-refractivity contribution in [2.45, 2.75) is 38.3 Å². The summed E-state index contributed by atoms with van der Waals surface area (Å²) < 4.78 is 2.02. The van der Waals surface area contributed by atoms with Gasteiger partial charge in [-0.1, -0.05) is 24.3 Å². The number of nitrogens with one attached hydrogen (secondary N) is 1. The second-order valence-corrected chi connectivity index (χ2v) is 9.17. The third-order valence-electron chi connectivity index (χ3n) is 7.07. The van der Waals surface area contributed by atoms with Gasteiger partial charge in [-0.15, -0.1) is 0 Å². The average Bonchev–Trinajstić information content (AvgIpc) is 3.56. The van der Waals surface area contributed by atoms with Crippen LogP contribution in [0.3, 0.4) is 0 Å². The van der Waals surface area contributed by atoms with Gasteiger partial charge in [0, 0.05) is 12.7 Å². The lowest BCUT2D eigenvalue weighted by atomic mass is 9.96. The van der Waals surface area contributed by atoms with Crippen molar-refractivity contribution < 1.29 is 14.4 Å². The highest BCUT2D eigenvalue weighted by Gasteiger charge is 2.56. The Kier molecular flexibility index (Phi) is 4.96. The van der Waals surface area contributed by atoms with E-state index in [1.807, 2.05) is 60.0 Å². The molecule has 1 saturated heterocycles. The molecule has 2 fully saturated rings. The molecule has 1 aromatic heterocycles. The van der Waals surface area contributed by atoms with Gasteiger partial charge in [0.05, 0.1) is 17.1 Å². The van der Waals surface area contributed by atoms with Crippen molar-refractivity contribution in [2.75, 3.05) is 13.6 Å². The van der Waals surface area contributed by atoms with Crippen LogP contribution < -0.4 is 5.32 Å². The molecular formula is C25H27N5O3. The Labute approximate surface area is 192 Å². The van der Waals surface area contributed by atoms with E-state index in [0.717, 1.165) is 40.0 Å². The molecule has 1 aliphatic carbocycles. The summed E-state index contributed by atoms with van der Waals surface area (Å²) >= 11 is 0. The number of likely N-dealkylation sites (N-methyl/N-ethyl adjacent to an activating group) is 1. The van der Waals surface area contributed by atoms with Crippen LogP contribution in [0.1, 0.15) is 38.3 Å². The molecule has 2 heterocycles. The maximum absolute atomic E-state index is 12.9. The molecule has 5 rings (SSSR count). The monoisotopic (exact) mass is 445 g/mol. The molecule has 1 aliphatic heterocycles. The Morgan fingerprint density at radius 1 is 1.18 bits per heavy atom. The molecule has 2 atom stereocenters. The zero-order chi connectivity index (χ0) is 23.3. The Morgan fingerprint density at radius 3 is 2.58 bits per heavy atom. The zero-order valence-corrected chi connectivity index (χ0v) is 19.0. The van der Waals surface area contributed by atoms with Gasteiger partial charge < -0.3 is 10.2 Å². The van der Waals surface area contributed by atoms with Crippen LogP contribution in [-0.4, -0.2) is 56.3 Å². The maximum atomic E-state index is 12.9. The Hall–Kier alpha value is -3.68. The van der Waals surface area contributed by atoms with E-state index in [1.165, 1.54) is 0 Å². The number of hydrogen-bond donors (Lipinski definition) is 1. The lowest BCUT2D eigenvalue weighted by Gasteiger charge is -2.27. The minimum Gasteiger partial charge on any atom is -0.337 e. The standard InChI is InChI=1S/C25H27N5O3/c1-16(17-8-12-19(13-9-17)30-15-26-20-6-4-5-7-21(20)30)28(3)22(31)14-29-23(32)25(2,18-10-11-18)27-24(29)33/h4-9,12-13,15-16,18H,10-11,14H2,1-3H3,(H,27,33). The van der Waals surface area contributed by atoms with Crippen LogP contribution in [0.4, 0.5) is 4.79 Å². The van der Waals surface area contributed by atoms with Crippen molar-refractivity contribution in [1.82, 2.24) is 24.7 Å². The smallest absolute Gasteiger partial charge is 0.325 e. The number of carbonyl (C=O) groups excluding carboxylic acids is 3. The van der Waals surface area contributed by atoms with Crippen molar-refractivity contribution in [3.8, 4) is 5.69 Å². The molecule has 1 saturated carbocycles. The van der Waals surface area contributed by atoms with Crippen molar-refractivity contribution in [3.05, 3.63) is 60.4 Å². The van der Waals surface area contributed by atoms with Crippen molar-refractivity contribution in [3.63, 3.8) is 0 Å². The van der Waals surface area contributed by atoms with E-state index in [0.29, 0.717) is 0 Å². The van der Waals surface area contributed by atoms with E-state index in [1.54, 1.807) is 25.2 Å². The number of benzene rings is 2. The number of aromatic nitrogens is 2. The van der Waals surface area contributed by atoms with E-state index in [9.17, 15) is 14.4 Å². The first-order valence-electron chi connectivity index (χ1n) is 11.2. The minimum atomic E-state index is -0.880. The summed E-state index contributed by atoms with van der Waals surface area (Å²) in [7, 11) is 1.70. The number of imidazole rings is 1. The molecule has 4 amide bonds. The number of hydrogen-bond acceptors (Lipinski definition) is 4. The van der Waals surface area contributed by atoms with Gasteiger partial charge in [0.25, 0.3) is 5.91 Å². The molecule has 8 nitrogen and oxygen atoms in total. The Bertz CT molecular complexity index is 1250. The maximum Gasteiger partial charge on any atom is 0.325 e. The van der Waals surface area contributed by atoms with Gasteiger partial charge in [-0.05, 0) is 62.4 Å². The van der Waals surface area contributed by atoms with E-state index < -0.39 is 11.6 Å². The summed E-state index contributed by atoms with van der Waals surface area (Å²) in [6, 6.07) is 15.2. The van der Waals surface area contributed by atoms with Crippen LogP contribution >= 0.6 is 0 Å². The van der Waals surface area contributed by atoms with Crippen molar-refractivity contribution >= 4 is 28.9 Å². The molecule has 170 valence electrons. The molecule has 8 heteroatoms. The fraction of sp³-hybridized carbons (Fsp3) is 0.360. The molecule has 1 N–H and O–H groups in total. The highest BCUT2D eigenvalue weighted by molar-refractivity contribution is 6.09. The normalized spacial score (nSPS) is 21.4. The molecule has 0 spiro atoms. The number of urea groups is 1. The molecular weight excluding hydrogens is 418 g/mol. The molecule has 2 unspecified atom stereocenters. The molecule has 0 radical (unpaired) electrons. The van der Waals surface area contributed by atoms with Crippen LogP contribution in [0, 0.1) is 5.92 Å². The third kappa shape index (κ3) is 3.55. The topological polar surface area (TPSA) is 87.5 Å². The molecule has 2 aliphatic rings. The predicted molar refractivity (Wildman–Crippen MR) is 124 cm³/mol. The summed E-state index contributed by atoms with van der Waals surface area (Å²) in [6.45, 7) is 3.43. The molecule has 0 bridgehead atoms. The number of carbonyl (C=O) groups is 3. The van der Waals surface area contributed by atoms with E-state index in [-0.39, 0.29) is 30.3 Å². The molecule has 2 aromatic carbocycles. The fourth-order valence-corrected chi connectivity index (χ4v) is 4.56. The van der Waals surface area contributed by atoms with Gasteiger partial charge in [0.2, 0.25) is 5.91 Å². The lowest BCUT2D eigenvalue weighted by molar-refractivity contribution is -0.139. The van der Waals surface area contributed by atoms with Gasteiger partial charge in [0.15, 0.2) is 0 Å². The Balaban J connectivity index is 1.28. The number of fused-ring (bicyclic) bond motifs is 1. The second kappa shape index (κ2) is 7.72. The lowest BCUT2D eigenvalue weighted by Crippen LogP contribution is -2.47. The van der Waals surface area contributed by atoms with Crippen LogP contribution in [0.25, 0.3) is 16.7 Å². The largest absolute Gasteiger partial charge is 0.337 e. The van der Waals surface area contributed by atoms with Crippen molar-refractivity contribution in [1.29, 1.82) is 0 Å². The average molecular weight is 446 g/mol. The van der Waals surface area contributed by atoms with E-state index in [2.05, 4.69) is 10.3 Å². The van der Waals surface area contributed by atoms with Gasteiger partial charge in [-0.25, -0.2) is 9.78 Å². The molecule has 33 heavy (non-hydrogen) atoms. The third-order valence-corrected chi connectivity index (χ3v) is 7.07. The quantitative estimate of drug-likeness (QED) is 0.590. The van der Waals surface area contributed by atoms with Gasteiger partial charge >= 0.3 is 6.03 Å². The first-order valence-corrected chi connectivity index (χ1v) is 11.2. The minimum absolute atomic E-state index is 0.164. The SMILES string of the molecule is CC(c1ccc(-n2cnc3ccccc32)cc1)N(C)C(=O)CN1C(=O)NC(C)(C2CC2)C1=O. The first kappa shape index (κ1) is 21.2. The molecule has 3 aromatic rings. The summed E-state index contributed by atoms with van der Waals surface area (Å²) in [5, 5.41) is 2.79. The fourth-order valence-electron chi connectivity index (χ4n) is 4.56. The second-order valence-electron chi connectivity index (χ2n) is 9.17. The Morgan fingerprint density at radius 2 is 1.88 bits per heavy atom. The van der Waals surface area contributed by atoms with E-state index in [4.69, 9.17) is 0 Å². The number of amides is 4. The van der Waals surface area contributed by atoms with Gasteiger partial charge in [0.1, 0.15) is 18.4 Å². The highest BCUT2D eigenvalue weighted by Crippen LogP contribution is 2.42. The number of imide groups is 1. The number of para-hydroxylation sites is 2. The van der Waals surface area contributed by atoms with Gasteiger partial charge in [-0.2, -0.15) is 0 Å². The van der Waals surface area contributed by atoms with E-state index >= 15 is 0 Å². The summed E-state index contributed by atoms with van der Waals surface area (Å²) in [5.74, 6) is -0.422. The summed E-state index contributed by atoms with van der Waals surface area (Å²) in [5.41, 5.74) is 3.01. The number of nitrogens with zero attached hydrogens (tertiary/aromatic N) is 4. The van der Waals surface area contributed by atoms with Crippen LogP contribution in [-0.2, 0) is 9.59 Å². The van der Waals surface area contributed by atoms with Crippen LogP contribution in [0.5, 0.6) is 0 Å². The van der Waals surface area contributed by atoms with Crippen LogP contribution in [0.15, 0.2) is 54.9 Å². The van der Waals surface area contributed by atoms with Crippen LogP contribution in [0.2, 0.25) is 0 Å². The summed E-state index contributed by atoms with van der Waals surface area (Å²) in [6.07, 6.45) is 3.64. The zero-order valence-electron chi connectivity index (χ0n) is 19.0.